The van der Waals surface area contributed by atoms with Crippen LogP contribution in [0.5, 0.6) is 0 Å². The Bertz CT molecular complexity index is 1670. The van der Waals surface area contributed by atoms with Gasteiger partial charge in [-0.1, -0.05) is 31.7 Å². The minimum atomic E-state index is -0.428. The van der Waals surface area contributed by atoms with E-state index < -0.39 is 5.43 Å². The van der Waals surface area contributed by atoms with E-state index in [2.05, 4.69) is 76.0 Å². The second-order valence-corrected chi connectivity index (χ2v) is 16.8. The zero-order valence-corrected chi connectivity index (χ0v) is 36.6. The zero-order chi connectivity index (χ0) is 41.4. The number of aryl methyl sites for hydroxylation is 1. The van der Waals surface area contributed by atoms with Gasteiger partial charge in [-0.25, -0.2) is 4.98 Å². The third-order valence-electron chi connectivity index (χ3n) is 10.6. The molecular weight excluding hydrogens is 705 g/mol. The van der Waals surface area contributed by atoms with Gasteiger partial charge in [-0.3, -0.25) is 14.4 Å². The van der Waals surface area contributed by atoms with Crippen LogP contribution >= 0.6 is 0 Å². The molecule has 1 aliphatic carbocycles. The fraction of sp³-hybridized carbons (Fsp3) is 0.682. The van der Waals surface area contributed by atoms with Gasteiger partial charge in [0.25, 0.3) is 11.8 Å². The number of carbonyl (C=O) groups excluding carboxylic acids is 2. The summed E-state index contributed by atoms with van der Waals surface area (Å²) in [6, 6.07) is 3.71. The molecule has 1 aromatic carbocycles. The predicted octanol–water partition coefficient (Wildman–Crippen LogP) is 6.30. The van der Waals surface area contributed by atoms with E-state index in [-0.39, 0.29) is 34.5 Å². The summed E-state index contributed by atoms with van der Waals surface area (Å²) in [5.74, 6) is -0.180. The van der Waals surface area contributed by atoms with E-state index in [1.165, 1.54) is 0 Å². The van der Waals surface area contributed by atoms with Crippen molar-refractivity contribution in [3.05, 3.63) is 44.6 Å². The van der Waals surface area contributed by atoms with Crippen molar-refractivity contribution in [2.75, 3.05) is 114 Å². The maximum Gasteiger partial charge on any atom is 0.258 e. The van der Waals surface area contributed by atoms with Crippen LogP contribution in [0.2, 0.25) is 0 Å². The van der Waals surface area contributed by atoms with E-state index in [0.717, 1.165) is 109 Å². The normalized spacial score (nSPS) is 12.0. The van der Waals surface area contributed by atoms with Crippen LogP contribution in [0.3, 0.4) is 0 Å². The van der Waals surface area contributed by atoms with E-state index in [1.54, 1.807) is 6.92 Å². The van der Waals surface area contributed by atoms with E-state index in [1.807, 2.05) is 28.9 Å². The highest BCUT2D eigenvalue weighted by molar-refractivity contribution is 6.08. The molecule has 0 spiro atoms. The minimum absolute atomic E-state index is 0.0707. The van der Waals surface area contributed by atoms with Crippen LogP contribution in [0.4, 0.5) is 5.69 Å². The Morgan fingerprint density at radius 2 is 0.982 bits per heavy atom. The van der Waals surface area contributed by atoms with Gasteiger partial charge < -0.3 is 39.6 Å². The van der Waals surface area contributed by atoms with Crippen molar-refractivity contribution >= 4 is 28.6 Å². The van der Waals surface area contributed by atoms with Gasteiger partial charge in [-0.05, 0) is 159 Å². The lowest BCUT2D eigenvalue weighted by Crippen LogP contribution is -2.36. The molecule has 314 valence electrons. The fourth-order valence-electron chi connectivity index (χ4n) is 7.17. The van der Waals surface area contributed by atoms with Crippen LogP contribution < -0.4 is 11.2 Å². The highest BCUT2D eigenvalue weighted by atomic mass is 16.3. The molecule has 0 radical (unpaired) electrons. The average molecular weight is 779 g/mol. The molecule has 2 aliphatic rings. The van der Waals surface area contributed by atoms with E-state index >= 15 is 0 Å². The monoisotopic (exact) mass is 779 g/mol. The van der Waals surface area contributed by atoms with Gasteiger partial charge in [0.05, 0.1) is 16.8 Å². The van der Waals surface area contributed by atoms with E-state index in [4.69, 9.17) is 15.1 Å². The fourth-order valence-corrected chi connectivity index (χ4v) is 7.17. The molecule has 12 nitrogen and oxygen atoms in total. The summed E-state index contributed by atoms with van der Waals surface area (Å²) >= 11 is 0. The third-order valence-corrected chi connectivity index (χ3v) is 10.6. The molecule has 1 heterocycles. The first kappa shape index (κ1) is 46.8. The summed E-state index contributed by atoms with van der Waals surface area (Å²) < 4.78 is 6.55. The van der Waals surface area contributed by atoms with Crippen LogP contribution in [0.25, 0.3) is 22.6 Å². The summed E-state index contributed by atoms with van der Waals surface area (Å²) in [7, 11) is 16.6. The number of nitrogen functional groups attached to an aromatic ring is 1. The van der Waals surface area contributed by atoms with E-state index in [0.29, 0.717) is 48.4 Å². The zero-order valence-electron chi connectivity index (χ0n) is 36.6. The molecule has 3 rings (SSSR count). The summed E-state index contributed by atoms with van der Waals surface area (Å²) in [4.78, 5) is 60.5. The van der Waals surface area contributed by atoms with Crippen LogP contribution in [0.1, 0.15) is 109 Å². The van der Waals surface area contributed by atoms with Gasteiger partial charge in [-0.15, -0.1) is 0 Å². The summed E-state index contributed by atoms with van der Waals surface area (Å²) in [6.45, 7) is 9.96. The number of fused-ring (bicyclic) bond motifs is 2. The quantitative estimate of drug-likeness (QED) is 0.0565. The van der Waals surface area contributed by atoms with Gasteiger partial charge in [0.2, 0.25) is 5.43 Å². The highest BCUT2D eigenvalue weighted by Gasteiger charge is 2.31. The van der Waals surface area contributed by atoms with Crippen molar-refractivity contribution in [1.82, 2.24) is 34.4 Å². The largest absolute Gasteiger partial charge is 0.452 e. The Morgan fingerprint density at radius 1 is 0.589 bits per heavy atom. The molecule has 2 N–H and O–H groups in total. The Morgan fingerprint density at radius 3 is 1.39 bits per heavy atom. The molecule has 0 unspecified atom stereocenters. The van der Waals surface area contributed by atoms with Gasteiger partial charge >= 0.3 is 0 Å². The Hall–Kier alpha value is -3.58. The number of benzene rings is 2. The van der Waals surface area contributed by atoms with Gasteiger partial charge in [-0.2, -0.15) is 0 Å². The minimum Gasteiger partial charge on any atom is -0.452 e. The first-order valence-corrected chi connectivity index (χ1v) is 21.0. The number of amides is 2. The van der Waals surface area contributed by atoms with E-state index in [9.17, 15) is 14.4 Å². The number of hydrogen-bond donors (Lipinski definition) is 1. The third kappa shape index (κ3) is 14.1. The number of anilines is 1. The predicted molar refractivity (Wildman–Crippen MR) is 232 cm³/mol. The molecule has 1 aromatic rings. The second-order valence-electron chi connectivity index (χ2n) is 16.8. The molecular formula is C44H74N8O4. The second kappa shape index (κ2) is 23.6. The Labute approximate surface area is 337 Å². The molecule has 1 aliphatic heterocycles. The Balaban J connectivity index is 2.07. The highest BCUT2D eigenvalue weighted by Crippen LogP contribution is 2.35. The smallest absolute Gasteiger partial charge is 0.258 e. The van der Waals surface area contributed by atoms with Gasteiger partial charge in [0.15, 0.2) is 11.3 Å². The summed E-state index contributed by atoms with van der Waals surface area (Å²) in [5.41, 5.74) is 8.69. The van der Waals surface area contributed by atoms with Crippen molar-refractivity contribution in [3.8, 4) is 11.5 Å². The maximum absolute atomic E-state index is 14.7. The summed E-state index contributed by atoms with van der Waals surface area (Å²) in [5, 5.41) is 0. The van der Waals surface area contributed by atoms with Crippen molar-refractivity contribution in [3.63, 3.8) is 0 Å². The van der Waals surface area contributed by atoms with Crippen molar-refractivity contribution < 1.29 is 14.0 Å². The number of carbonyl (C=O) groups is 2. The maximum atomic E-state index is 14.7. The lowest BCUT2D eigenvalue weighted by atomic mass is 9.98. The molecule has 0 atom stereocenters. The number of nitrogens with two attached hydrogens (primary N) is 1. The molecule has 0 aromatic heterocycles. The average Bonchev–Trinajstić information content (AvgIpc) is 3.13. The van der Waals surface area contributed by atoms with Crippen LogP contribution in [0.15, 0.2) is 21.3 Å². The van der Waals surface area contributed by atoms with Crippen molar-refractivity contribution in [2.45, 2.75) is 90.9 Å². The number of aromatic nitrogens is 1. The molecule has 0 bridgehead atoms. The molecule has 0 saturated carbocycles. The lowest BCUT2D eigenvalue weighted by molar-refractivity contribution is 0.0743. The summed E-state index contributed by atoms with van der Waals surface area (Å²) in [6.07, 6.45) is 11.7. The first-order chi connectivity index (χ1) is 26.6. The SMILES string of the molecule is Cc1c2oc3c(C)ccc(C(=O)N(CCCCCN(C)C)CCCCCN(C)C)c3nc-2c(C(=O)N(CCCCCN(C)C)CCCCCN(C)C)c(N)c1=O. The standard InChI is InChI=1S/C44H74N8O4/c1-33-23-24-35(43(54)51(29-19-11-15-25-47(3)4)30-20-12-16-26-48(5)6)38-41(33)56-42-34(2)40(53)37(45)36(39(42)46-38)44(55)52(31-21-13-17-27-49(7)8)32-22-14-18-28-50(9)10/h23-24H,11-22,25-32,45H2,1-10H3. The molecule has 0 saturated heterocycles. The Kier molecular flexibility index (Phi) is 19.7. The molecule has 2 amide bonds. The molecule has 0 fully saturated rings. The number of hydrogen-bond acceptors (Lipinski definition) is 10. The van der Waals surface area contributed by atoms with Gasteiger partial charge in [0.1, 0.15) is 11.2 Å². The lowest BCUT2D eigenvalue weighted by Gasteiger charge is -2.26. The molecule has 56 heavy (non-hydrogen) atoms. The number of unbranched alkanes of at least 4 members (excludes halogenated alkanes) is 8. The van der Waals surface area contributed by atoms with Crippen LogP contribution in [0, 0.1) is 13.8 Å². The number of rotatable bonds is 26. The number of nitrogens with zero attached hydrogens (tertiary/aromatic N) is 7. The van der Waals surface area contributed by atoms with Crippen molar-refractivity contribution in [2.24, 2.45) is 0 Å². The van der Waals surface area contributed by atoms with Crippen molar-refractivity contribution in [1.29, 1.82) is 0 Å². The van der Waals surface area contributed by atoms with Crippen LogP contribution in [-0.2, 0) is 0 Å². The first-order valence-electron chi connectivity index (χ1n) is 21.0. The van der Waals surface area contributed by atoms with Crippen LogP contribution in [-0.4, -0.2) is 155 Å². The topological polar surface area (TPSA) is 123 Å². The molecule has 12 heteroatoms. The van der Waals surface area contributed by atoms with Gasteiger partial charge in [0, 0.05) is 31.7 Å².